The molecule has 0 saturated heterocycles. The van der Waals surface area contributed by atoms with Crippen LogP contribution in [0.1, 0.15) is 111 Å². The zero-order valence-corrected chi connectivity index (χ0v) is 25.9. The van der Waals surface area contributed by atoms with Crippen molar-refractivity contribution in [1.82, 2.24) is 15.5 Å². The van der Waals surface area contributed by atoms with Crippen LogP contribution in [0, 0.1) is 29.6 Å². The number of thioether (sulfide) groups is 1. The minimum Gasteiger partial charge on any atom is -0.356 e. The first-order valence-corrected chi connectivity index (χ1v) is 16.6. The summed E-state index contributed by atoms with van der Waals surface area (Å²) >= 11 is 2.14. The van der Waals surface area contributed by atoms with Gasteiger partial charge in [0.1, 0.15) is 0 Å². The third-order valence-electron chi connectivity index (χ3n) is 8.38. The first-order valence-electron chi connectivity index (χ1n) is 15.5. The highest BCUT2D eigenvalue weighted by Crippen LogP contribution is 2.35. The van der Waals surface area contributed by atoms with E-state index in [0.29, 0.717) is 5.91 Å². The Balaban J connectivity index is 2.32. The Bertz CT molecular complexity index is 520. The number of carbonyl (C=O) groups is 1. The second-order valence-corrected chi connectivity index (χ2v) is 13.6. The SMILES string of the molecule is CNCCCCCCNC(=O)C1CCC(CCC(CCSCCN(C)C)C(C)CCCC(C)C)CC1. The number of nitrogens with one attached hydrogen (secondary N) is 2. The number of hydrogen-bond donors (Lipinski definition) is 2. The third-order valence-corrected chi connectivity index (χ3v) is 9.37. The first kappa shape index (κ1) is 33.8. The average molecular weight is 526 g/mol. The lowest BCUT2D eigenvalue weighted by Gasteiger charge is -2.30. The molecular weight excluding hydrogens is 462 g/mol. The smallest absolute Gasteiger partial charge is 0.223 e. The van der Waals surface area contributed by atoms with E-state index in [1.54, 1.807) is 0 Å². The molecule has 0 aromatic rings. The molecule has 1 fully saturated rings. The lowest BCUT2D eigenvalue weighted by atomic mass is 9.76. The first-order chi connectivity index (χ1) is 17.3. The molecule has 2 N–H and O–H groups in total. The summed E-state index contributed by atoms with van der Waals surface area (Å²) in [7, 11) is 6.36. The molecule has 1 amide bonds. The number of amides is 1. The average Bonchev–Trinajstić information content (AvgIpc) is 2.84. The van der Waals surface area contributed by atoms with Crippen molar-refractivity contribution in [2.75, 3.05) is 52.3 Å². The molecule has 0 aliphatic heterocycles. The van der Waals surface area contributed by atoms with E-state index in [1.165, 1.54) is 88.7 Å². The highest BCUT2D eigenvalue weighted by Gasteiger charge is 2.27. The summed E-state index contributed by atoms with van der Waals surface area (Å²) in [6.45, 7) is 10.4. The molecule has 214 valence electrons. The van der Waals surface area contributed by atoms with Crippen LogP contribution in [-0.4, -0.2) is 63.1 Å². The molecule has 2 unspecified atom stereocenters. The summed E-state index contributed by atoms with van der Waals surface area (Å²) in [4.78, 5) is 14.9. The maximum atomic E-state index is 12.6. The Morgan fingerprint density at radius 3 is 2.19 bits per heavy atom. The van der Waals surface area contributed by atoms with Gasteiger partial charge in [-0.05, 0) is 108 Å². The van der Waals surface area contributed by atoms with Gasteiger partial charge in [-0.3, -0.25) is 4.79 Å². The van der Waals surface area contributed by atoms with E-state index < -0.39 is 0 Å². The topological polar surface area (TPSA) is 44.4 Å². The predicted octanol–water partition coefficient (Wildman–Crippen LogP) is 7.23. The van der Waals surface area contributed by atoms with E-state index >= 15 is 0 Å². The highest BCUT2D eigenvalue weighted by molar-refractivity contribution is 7.99. The van der Waals surface area contributed by atoms with Gasteiger partial charge in [0.15, 0.2) is 0 Å². The van der Waals surface area contributed by atoms with Gasteiger partial charge in [-0.1, -0.05) is 59.3 Å². The van der Waals surface area contributed by atoms with Gasteiger partial charge in [-0.2, -0.15) is 11.8 Å². The van der Waals surface area contributed by atoms with Crippen LogP contribution in [0.15, 0.2) is 0 Å². The molecule has 1 saturated carbocycles. The van der Waals surface area contributed by atoms with Crippen LogP contribution in [0.4, 0.5) is 0 Å². The summed E-state index contributed by atoms with van der Waals surface area (Å²) in [6, 6.07) is 0. The number of hydrogen-bond acceptors (Lipinski definition) is 4. The number of unbranched alkanes of at least 4 members (excludes halogenated alkanes) is 3. The number of nitrogens with zero attached hydrogens (tertiary/aromatic N) is 1. The summed E-state index contributed by atoms with van der Waals surface area (Å²) in [5.41, 5.74) is 0. The van der Waals surface area contributed by atoms with Gasteiger partial charge in [-0.25, -0.2) is 0 Å². The zero-order valence-electron chi connectivity index (χ0n) is 25.1. The molecule has 5 heteroatoms. The van der Waals surface area contributed by atoms with E-state index in [1.807, 2.05) is 7.05 Å². The summed E-state index contributed by atoms with van der Waals surface area (Å²) < 4.78 is 0. The van der Waals surface area contributed by atoms with Gasteiger partial charge in [0.2, 0.25) is 5.91 Å². The second kappa shape index (κ2) is 21.6. The largest absolute Gasteiger partial charge is 0.356 e. The summed E-state index contributed by atoms with van der Waals surface area (Å²) in [6.07, 6.45) is 17.9. The summed E-state index contributed by atoms with van der Waals surface area (Å²) in [5.74, 6) is 6.55. The van der Waals surface area contributed by atoms with Gasteiger partial charge in [-0.15, -0.1) is 0 Å². The lowest BCUT2D eigenvalue weighted by molar-refractivity contribution is -0.126. The van der Waals surface area contributed by atoms with Gasteiger partial charge in [0, 0.05) is 24.8 Å². The fraction of sp³-hybridized carbons (Fsp3) is 0.968. The molecule has 1 aliphatic carbocycles. The molecule has 36 heavy (non-hydrogen) atoms. The molecular formula is C31H63N3OS. The zero-order chi connectivity index (χ0) is 26.6. The van der Waals surface area contributed by atoms with Gasteiger partial charge in [0.05, 0.1) is 0 Å². The van der Waals surface area contributed by atoms with Crippen molar-refractivity contribution >= 4 is 17.7 Å². The minimum atomic E-state index is 0.268. The maximum absolute atomic E-state index is 12.6. The van der Waals surface area contributed by atoms with Crippen molar-refractivity contribution in [2.45, 2.75) is 111 Å². The molecule has 0 spiro atoms. The van der Waals surface area contributed by atoms with E-state index in [0.717, 1.165) is 56.0 Å². The van der Waals surface area contributed by atoms with E-state index in [4.69, 9.17) is 0 Å². The Hall–Kier alpha value is -0.260. The Labute approximate surface area is 230 Å². The number of carbonyl (C=O) groups excluding carboxylic acids is 1. The predicted molar refractivity (Wildman–Crippen MR) is 162 cm³/mol. The fourth-order valence-corrected chi connectivity index (χ4v) is 6.85. The fourth-order valence-electron chi connectivity index (χ4n) is 5.68. The molecule has 0 heterocycles. The Kier molecular flexibility index (Phi) is 20.3. The standard InChI is InChI=1S/C31H63N3OS/c1-26(2)12-11-13-27(3)29(20-24-36-25-23-34(5)6)17-14-28-15-18-30(19-16-28)31(35)33-22-10-8-7-9-21-32-4/h26-30,32H,7-25H2,1-6H3,(H,33,35). The molecule has 0 radical (unpaired) electrons. The van der Waals surface area contributed by atoms with Crippen LogP contribution in [0.3, 0.4) is 0 Å². The third kappa shape index (κ3) is 17.3. The lowest BCUT2D eigenvalue weighted by Crippen LogP contribution is -2.33. The van der Waals surface area contributed by atoms with Crippen molar-refractivity contribution in [3.05, 3.63) is 0 Å². The van der Waals surface area contributed by atoms with Crippen LogP contribution in [0.25, 0.3) is 0 Å². The maximum Gasteiger partial charge on any atom is 0.223 e. The van der Waals surface area contributed by atoms with Crippen molar-refractivity contribution in [2.24, 2.45) is 29.6 Å². The van der Waals surface area contributed by atoms with E-state index in [-0.39, 0.29) is 5.92 Å². The molecule has 0 aromatic carbocycles. The van der Waals surface area contributed by atoms with Gasteiger partial charge in [0.25, 0.3) is 0 Å². The van der Waals surface area contributed by atoms with Crippen molar-refractivity contribution in [3.8, 4) is 0 Å². The number of rotatable bonds is 22. The molecule has 4 nitrogen and oxygen atoms in total. The molecule has 0 bridgehead atoms. The second-order valence-electron chi connectivity index (χ2n) is 12.4. The van der Waals surface area contributed by atoms with E-state index in [2.05, 4.69) is 62.2 Å². The molecule has 0 aromatic heterocycles. The van der Waals surface area contributed by atoms with Crippen molar-refractivity contribution in [1.29, 1.82) is 0 Å². The van der Waals surface area contributed by atoms with Crippen LogP contribution in [-0.2, 0) is 4.79 Å². The summed E-state index contributed by atoms with van der Waals surface area (Å²) in [5, 5.41) is 6.43. The van der Waals surface area contributed by atoms with Crippen LogP contribution < -0.4 is 10.6 Å². The normalized spacial score (nSPS) is 20.1. The van der Waals surface area contributed by atoms with E-state index in [9.17, 15) is 4.79 Å². The molecule has 1 rings (SSSR count). The van der Waals surface area contributed by atoms with Gasteiger partial charge >= 0.3 is 0 Å². The Morgan fingerprint density at radius 1 is 0.861 bits per heavy atom. The molecule has 1 aliphatic rings. The van der Waals surface area contributed by atoms with Crippen molar-refractivity contribution in [3.63, 3.8) is 0 Å². The van der Waals surface area contributed by atoms with Crippen LogP contribution >= 0.6 is 11.8 Å². The van der Waals surface area contributed by atoms with Crippen LogP contribution in [0.5, 0.6) is 0 Å². The van der Waals surface area contributed by atoms with Gasteiger partial charge < -0.3 is 15.5 Å². The quantitative estimate of drug-likeness (QED) is 0.146. The minimum absolute atomic E-state index is 0.268. The van der Waals surface area contributed by atoms with Crippen LogP contribution in [0.2, 0.25) is 0 Å². The highest BCUT2D eigenvalue weighted by atomic mass is 32.2. The monoisotopic (exact) mass is 525 g/mol. The molecule has 2 atom stereocenters. The van der Waals surface area contributed by atoms with Crippen molar-refractivity contribution < 1.29 is 4.79 Å². The Morgan fingerprint density at radius 2 is 1.56 bits per heavy atom.